The lowest BCUT2D eigenvalue weighted by atomic mass is 9.81. The molecule has 8 nitrogen and oxygen atoms in total. The third-order valence-corrected chi connectivity index (χ3v) is 5.82. The Kier molecular flexibility index (Phi) is 7.57. The third kappa shape index (κ3) is 5.33. The molecule has 0 aliphatic carbocycles. The summed E-state index contributed by atoms with van der Waals surface area (Å²) in [4.78, 5) is 21.6. The van der Waals surface area contributed by atoms with Crippen LogP contribution in [0.5, 0.6) is 23.3 Å². The number of hydrogen-bond acceptors (Lipinski definition) is 7. The molecule has 0 saturated heterocycles. The van der Waals surface area contributed by atoms with Crippen molar-refractivity contribution in [1.29, 1.82) is 0 Å². The third-order valence-electron chi connectivity index (χ3n) is 5.82. The van der Waals surface area contributed by atoms with Gasteiger partial charge in [0.1, 0.15) is 5.75 Å². The summed E-state index contributed by atoms with van der Waals surface area (Å²) in [6.45, 7) is 3.58. The number of aromatic nitrogens is 2. The smallest absolute Gasteiger partial charge is 0.350 e. The molecule has 1 heterocycles. The predicted molar refractivity (Wildman–Crippen MR) is 137 cm³/mol. The highest BCUT2D eigenvalue weighted by molar-refractivity contribution is 5.76. The van der Waals surface area contributed by atoms with Crippen molar-refractivity contribution in [2.24, 2.45) is 0 Å². The second-order valence-corrected chi connectivity index (χ2v) is 8.36. The average Bonchev–Trinajstić information content (AvgIpc) is 2.91. The molecule has 190 valence electrons. The number of hydrogen-bond donors (Lipinski definition) is 1. The molecule has 0 aliphatic heterocycles. The minimum atomic E-state index is -1.64. The SMILES string of the molecule is COc1ccc(OC(c2ccccc2)(c2ccccc2)C(Oc2nc(C)cc(C)n2)C(=O)O)cc1OC. The summed E-state index contributed by atoms with van der Waals surface area (Å²) < 4.78 is 23.6. The van der Waals surface area contributed by atoms with Gasteiger partial charge in [-0.1, -0.05) is 60.7 Å². The maximum Gasteiger partial charge on any atom is 0.350 e. The highest BCUT2D eigenvalue weighted by atomic mass is 16.6. The van der Waals surface area contributed by atoms with E-state index in [1.165, 1.54) is 14.2 Å². The highest BCUT2D eigenvalue weighted by Gasteiger charge is 2.51. The van der Waals surface area contributed by atoms with Gasteiger partial charge < -0.3 is 24.1 Å². The van der Waals surface area contributed by atoms with E-state index >= 15 is 0 Å². The van der Waals surface area contributed by atoms with E-state index in [0.717, 1.165) is 0 Å². The predicted octanol–water partition coefficient (Wildman–Crippen LogP) is 4.97. The molecule has 0 bridgehead atoms. The molecule has 0 radical (unpaired) electrons. The van der Waals surface area contributed by atoms with E-state index in [-0.39, 0.29) is 6.01 Å². The van der Waals surface area contributed by atoms with Crippen molar-refractivity contribution in [3.05, 3.63) is 107 Å². The van der Waals surface area contributed by atoms with Crippen LogP contribution in [0.15, 0.2) is 84.9 Å². The van der Waals surface area contributed by atoms with E-state index in [9.17, 15) is 9.90 Å². The molecule has 0 fully saturated rings. The molecule has 0 amide bonds. The molecule has 1 unspecified atom stereocenters. The average molecular weight is 501 g/mol. The van der Waals surface area contributed by atoms with Crippen LogP contribution in [0.25, 0.3) is 0 Å². The summed E-state index contributed by atoms with van der Waals surface area (Å²) >= 11 is 0. The summed E-state index contributed by atoms with van der Waals surface area (Å²) in [6, 6.07) is 24.9. The van der Waals surface area contributed by atoms with E-state index in [4.69, 9.17) is 18.9 Å². The second-order valence-electron chi connectivity index (χ2n) is 8.36. The first-order valence-corrected chi connectivity index (χ1v) is 11.6. The zero-order valence-electron chi connectivity index (χ0n) is 21.0. The number of carboxylic acid groups (broad SMARTS) is 1. The molecular weight excluding hydrogens is 472 g/mol. The molecule has 1 aromatic heterocycles. The van der Waals surface area contributed by atoms with Gasteiger partial charge in [-0.3, -0.25) is 0 Å². The van der Waals surface area contributed by atoms with Crippen LogP contribution >= 0.6 is 0 Å². The molecule has 4 aromatic rings. The Morgan fingerprint density at radius 3 is 1.81 bits per heavy atom. The number of nitrogens with zero attached hydrogens (tertiary/aromatic N) is 2. The summed E-state index contributed by atoms with van der Waals surface area (Å²) in [7, 11) is 3.05. The van der Waals surface area contributed by atoms with Crippen molar-refractivity contribution in [2.75, 3.05) is 14.2 Å². The van der Waals surface area contributed by atoms with Crippen LogP contribution in [0.3, 0.4) is 0 Å². The number of ether oxygens (including phenoxy) is 4. The molecule has 1 N–H and O–H groups in total. The zero-order chi connectivity index (χ0) is 26.4. The number of rotatable bonds is 10. The molecule has 0 spiro atoms. The normalized spacial score (nSPS) is 11.9. The minimum absolute atomic E-state index is 0.0583. The minimum Gasteiger partial charge on any atom is -0.493 e. The first kappa shape index (κ1) is 25.5. The van der Waals surface area contributed by atoms with Gasteiger partial charge in [-0.15, -0.1) is 0 Å². The Morgan fingerprint density at radius 1 is 0.784 bits per heavy atom. The van der Waals surface area contributed by atoms with E-state index in [1.807, 2.05) is 36.4 Å². The Balaban J connectivity index is 1.97. The Bertz CT molecular complexity index is 1300. The van der Waals surface area contributed by atoms with Crippen LogP contribution in [-0.4, -0.2) is 41.4 Å². The maximum absolute atomic E-state index is 13.0. The van der Waals surface area contributed by atoms with Crippen molar-refractivity contribution in [3.63, 3.8) is 0 Å². The Morgan fingerprint density at radius 2 is 1.32 bits per heavy atom. The van der Waals surface area contributed by atoms with Crippen LogP contribution in [0.2, 0.25) is 0 Å². The molecule has 0 saturated carbocycles. The van der Waals surface area contributed by atoms with E-state index in [2.05, 4.69) is 9.97 Å². The van der Waals surface area contributed by atoms with E-state index < -0.39 is 17.7 Å². The molecule has 1 atom stereocenters. The lowest BCUT2D eigenvalue weighted by Crippen LogP contribution is -2.53. The van der Waals surface area contributed by atoms with Gasteiger partial charge in [0.05, 0.1) is 14.2 Å². The molecule has 0 aliphatic rings. The van der Waals surface area contributed by atoms with Crippen molar-refractivity contribution < 1.29 is 28.8 Å². The molecule has 37 heavy (non-hydrogen) atoms. The number of aliphatic carboxylic acids is 1. The van der Waals surface area contributed by atoms with Crippen LogP contribution in [0.1, 0.15) is 22.5 Å². The van der Waals surface area contributed by atoms with Crippen molar-refractivity contribution >= 4 is 5.97 Å². The summed E-state index contributed by atoms with van der Waals surface area (Å²) in [5.74, 6) is 0.0347. The van der Waals surface area contributed by atoms with Crippen LogP contribution in [0.4, 0.5) is 0 Å². The summed E-state index contributed by atoms with van der Waals surface area (Å²) in [5, 5.41) is 10.6. The fourth-order valence-corrected chi connectivity index (χ4v) is 4.24. The molecule has 3 aromatic carbocycles. The van der Waals surface area contributed by atoms with Crippen molar-refractivity contribution in [2.45, 2.75) is 25.6 Å². The van der Waals surface area contributed by atoms with E-state index in [0.29, 0.717) is 39.8 Å². The summed E-state index contributed by atoms with van der Waals surface area (Å²) in [5.41, 5.74) is 0.782. The Labute approximate surface area is 215 Å². The van der Waals surface area contributed by atoms with Crippen LogP contribution in [-0.2, 0) is 10.4 Å². The second kappa shape index (κ2) is 11.0. The zero-order valence-corrected chi connectivity index (χ0v) is 21.0. The fraction of sp³-hybridized carbons (Fsp3) is 0.207. The fourth-order valence-electron chi connectivity index (χ4n) is 4.24. The van der Waals surface area contributed by atoms with Gasteiger partial charge in [0.15, 0.2) is 11.5 Å². The lowest BCUT2D eigenvalue weighted by molar-refractivity contribution is -0.155. The summed E-state index contributed by atoms with van der Waals surface area (Å²) in [6.07, 6.45) is -1.58. The van der Waals surface area contributed by atoms with Gasteiger partial charge >= 0.3 is 12.0 Å². The first-order chi connectivity index (χ1) is 17.9. The van der Waals surface area contributed by atoms with Crippen molar-refractivity contribution in [1.82, 2.24) is 9.97 Å². The van der Waals surface area contributed by atoms with Gasteiger partial charge in [-0.05, 0) is 32.0 Å². The number of carbonyl (C=O) groups is 1. The van der Waals surface area contributed by atoms with Gasteiger partial charge in [-0.2, -0.15) is 0 Å². The number of methoxy groups -OCH3 is 2. The monoisotopic (exact) mass is 500 g/mol. The molecular formula is C29H28N2O6. The van der Waals surface area contributed by atoms with Gasteiger partial charge in [0.2, 0.25) is 11.7 Å². The lowest BCUT2D eigenvalue weighted by Gasteiger charge is -2.39. The molecule has 8 heteroatoms. The maximum atomic E-state index is 13.0. The number of aryl methyl sites for hydroxylation is 2. The van der Waals surface area contributed by atoms with Gasteiger partial charge in [0.25, 0.3) is 0 Å². The van der Waals surface area contributed by atoms with Crippen LogP contribution in [0, 0.1) is 13.8 Å². The first-order valence-electron chi connectivity index (χ1n) is 11.6. The van der Waals surface area contributed by atoms with Crippen molar-refractivity contribution in [3.8, 4) is 23.3 Å². The quantitative estimate of drug-likeness (QED) is 0.326. The van der Waals surface area contributed by atoms with Gasteiger partial charge in [-0.25, -0.2) is 14.8 Å². The topological polar surface area (TPSA) is 100 Å². The number of benzene rings is 3. The Hall–Kier alpha value is -4.59. The standard InChI is InChI=1S/C29H28N2O6/c1-19-17-20(2)31-28(30-19)36-26(27(32)33)29(21-11-7-5-8-12-21,22-13-9-6-10-14-22)37-23-15-16-24(34-3)25(18-23)35-4/h5-18,26H,1-4H3,(H,32,33). The number of carboxylic acids is 1. The molecule has 4 rings (SSSR count). The van der Waals surface area contributed by atoms with E-state index in [1.54, 1.807) is 62.4 Å². The van der Waals surface area contributed by atoms with Crippen LogP contribution < -0.4 is 18.9 Å². The van der Waals surface area contributed by atoms with Gasteiger partial charge in [0, 0.05) is 28.6 Å². The largest absolute Gasteiger partial charge is 0.493 e. The highest BCUT2D eigenvalue weighted by Crippen LogP contribution is 2.42.